The van der Waals surface area contributed by atoms with Crippen LogP contribution in [-0.2, 0) is 9.59 Å². The summed E-state index contributed by atoms with van der Waals surface area (Å²) in [7, 11) is 0. The first-order valence-electron chi connectivity index (χ1n) is 9.08. The van der Waals surface area contributed by atoms with Gasteiger partial charge in [-0.25, -0.2) is 0 Å². The molecular formula is C19H25ClN2O3. The molecule has 2 aliphatic heterocycles. The molecule has 25 heavy (non-hydrogen) atoms. The highest BCUT2D eigenvalue weighted by molar-refractivity contribution is 6.33. The number of anilines is 1. The molecule has 2 saturated heterocycles. The van der Waals surface area contributed by atoms with Gasteiger partial charge in [0.15, 0.2) is 0 Å². The molecule has 3 rings (SSSR count). The first-order valence-corrected chi connectivity index (χ1v) is 9.46. The Labute approximate surface area is 153 Å². The predicted molar refractivity (Wildman–Crippen MR) is 98.0 cm³/mol. The van der Waals surface area contributed by atoms with Crippen LogP contribution in [0.2, 0.25) is 5.02 Å². The Bertz CT molecular complexity index is 629. The van der Waals surface area contributed by atoms with Crippen molar-refractivity contribution in [2.75, 3.05) is 24.5 Å². The van der Waals surface area contributed by atoms with Crippen molar-refractivity contribution in [1.29, 1.82) is 0 Å². The minimum Gasteiger partial charge on any atom is -0.481 e. The van der Waals surface area contributed by atoms with Crippen molar-refractivity contribution in [3.8, 4) is 0 Å². The number of piperidine rings is 2. The zero-order valence-corrected chi connectivity index (χ0v) is 15.1. The van der Waals surface area contributed by atoms with E-state index in [2.05, 4.69) is 4.90 Å². The van der Waals surface area contributed by atoms with E-state index in [1.54, 1.807) is 0 Å². The van der Waals surface area contributed by atoms with Gasteiger partial charge in [0, 0.05) is 13.0 Å². The molecule has 1 unspecified atom stereocenters. The number of rotatable bonds is 5. The zero-order valence-electron chi connectivity index (χ0n) is 14.4. The summed E-state index contributed by atoms with van der Waals surface area (Å²) in [6, 6.07) is 7.43. The van der Waals surface area contributed by atoms with E-state index in [1.807, 2.05) is 29.2 Å². The molecule has 0 aliphatic carbocycles. The third kappa shape index (κ3) is 4.33. The van der Waals surface area contributed by atoms with Crippen molar-refractivity contribution < 1.29 is 14.7 Å². The maximum absolute atomic E-state index is 13.0. The van der Waals surface area contributed by atoms with Crippen molar-refractivity contribution in [2.45, 2.75) is 44.6 Å². The number of carbonyl (C=O) groups is 2. The molecule has 0 saturated carbocycles. The Hall–Kier alpha value is -1.59. The van der Waals surface area contributed by atoms with Gasteiger partial charge in [-0.05, 0) is 63.2 Å². The Kier molecular flexibility index (Phi) is 5.97. The molecule has 6 heteroatoms. The van der Waals surface area contributed by atoms with E-state index in [9.17, 15) is 9.59 Å². The summed E-state index contributed by atoms with van der Waals surface area (Å²) < 4.78 is 0. The lowest BCUT2D eigenvalue weighted by molar-refractivity contribution is -0.137. The van der Waals surface area contributed by atoms with Crippen molar-refractivity contribution in [1.82, 2.24) is 4.90 Å². The lowest BCUT2D eigenvalue weighted by Crippen LogP contribution is -2.54. The normalized spacial score (nSPS) is 23.0. The number of carboxylic acids is 1. The monoisotopic (exact) mass is 364 g/mol. The highest BCUT2D eigenvalue weighted by atomic mass is 35.5. The summed E-state index contributed by atoms with van der Waals surface area (Å²) in [4.78, 5) is 27.9. The Morgan fingerprint density at radius 2 is 1.88 bits per heavy atom. The molecule has 5 nitrogen and oxygen atoms in total. The van der Waals surface area contributed by atoms with Crippen LogP contribution in [0.15, 0.2) is 24.3 Å². The largest absolute Gasteiger partial charge is 0.481 e. The van der Waals surface area contributed by atoms with Crippen molar-refractivity contribution in [3.63, 3.8) is 0 Å². The summed E-state index contributed by atoms with van der Waals surface area (Å²) in [5, 5.41) is 9.44. The number of hydrogen-bond donors (Lipinski definition) is 1. The predicted octanol–water partition coefficient (Wildman–Crippen LogP) is 3.41. The van der Waals surface area contributed by atoms with E-state index in [4.69, 9.17) is 16.7 Å². The molecule has 1 amide bonds. The van der Waals surface area contributed by atoms with Crippen LogP contribution < -0.4 is 4.90 Å². The second-order valence-corrected chi connectivity index (χ2v) is 7.42. The maximum atomic E-state index is 13.0. The van der Waals surface area contributed by atoms with Gasteiger partial charge in [0.25, 0.3) is 0 Å². The molecule has 2 heterocycles. The average Bonchev–Trinajstić information content (AvgIpc) is 2.61. The third-order valence-electron chi connectivity index (χ3n) is 5.41. The van der Waals surface area contributed by atoms with Gasteiger partial charge in [-0.3, -0.25) is 14.5 Å². The van der Waals surface area contributed by atoms with Crippen LogP contribution in [0.5, 0.6) is 0 Å². The fourth-order valence-corrected chi connectivity index (χ4v) is 4.22. The molecule has 1 N–H and O–H groups in total. The molecule has 136 valence electrons. The van der Waals surface area contributed by atoms with Crippen LogP contribution in [0, 0.1) is 5.92 Å². The van der Waals surface area contributed by atoms with Gasteiger partial charge >= 0.3 is 5.97 Å². The standard InChI is InChI=1S/C19H25ClN2O3/c20-15-4-1-2-5-16(15)22-11-3-6-17(19(22)25)21-12-9-14(10-13-21)7-8-18(23)24/h1-2,4-5,14,17H,3,6-13H2,(H,23,24). The van der Waals surface area contributed by atoms with E-state index >= 15 is 0 Å². The van der Waals surface area contributed by atoms with E-state index in [0.29, 0.717) is 17.5 Å². The fraction of sp³-hybridized carbons (Fsp3) is 0.579. The number of carboxylic acid groups (broad SMARTS) is 1. The summed E-state index contributed by atoms with van der Waals surface area (Å²) >= 11 is 6.28. The second kappa shape index (κ2) is 8.19. The number of aliphatic carboxylic acids is 1. The molecule has 0 aromatic heterocycles. The van der Waals surface area contributed by atoms with Crippen LogP contribution in [0.4, 0.5) is 5.69 Å². The number of carbonyl (C=O) groups excluding carboxylic acids is 1. The Morgan fingerprint density at radius 1 is 1.16 bits per heavy atom. The molecule has 0 spiro atoms. The fourth-order valence-electron chi connectivity index (χ4n) is 3.99. The first kappa shape index (κ1) is 18.2. The van der Waals surface area contributed by atoms with Crippen molar-refractivity contribution in [2.24, 2.45) is 5.92 Å². The number of amides is 1. The SMILES string of the molecule is O=C(O)CCC1CCN(C2CCCN(c3ccccc3Cl)C2=O)CC1. The van der Waals surface area contributed by atoms with Gasteiger partial charge < -0.3 is 10.0 Å². The van der Waals surface area contributed by atoms with Gasteiger partial charge in [0.1, 0.15) is 0 Å². The number of para-hydroxylation sites is 1. The van der Waals surface area contributed by atoms with Gasteiger partial charge in [0.2, 0.25) is 5.91 Å². The molecular weight excluding hydrogens is 340 g/mol. The summed E-state index contributed by atoms with van der Waals surface area (Å²) in [6.07, 6.45) is 4.80. The molecule has 1 aromatic carbocycles. The third-order valence-corrected chi connectivity index (χ3v) is 5.73. The molecule has 1 atom stereocenters. The van der Waals surface area contributed by atoms with Gasteiger partial charge in [-0.1, -0.05) is 23.7 Å². The van der Waals surface area contributed by atoms with Crippen molar-refractivity contribution in [3.05, 3.63) is 29.3 Å². The van der Waals surface area contributed by atoms with Crippen LogP contribution in [0.3, 0.4) is 0 Å². The Balaban J connectivity index is 1.61. The van der Waals surface area contributed by atoms with E-state index < -0.39 is 5.97 Å². The smallest absolute Gasteiger partial charge is 0.303 e. The number of nitrogens with zero attached hydrogens (tertiary/aromatic N) is 2. The molecule has 0 radical (unpaired) electrons. The highest BCUT2D eigenvalue weighted by Crippen LogP contribution is 2.31. The molecule has 1 aromatic rings. The summed E-state index contributed by atoms with van der Waals surface area (Å²) in [5.41, 5.74) is 0.801. The van der Waals surface area contributed by atoms with Gasteiger partial charge in [-0.15, -0.1) is 0 Å². The van der Waals surface area contributed by atoms with Crippen molar-refractivity contribution >= 4 is 29.2 Å². The summed E-state index contributed by atoms with van der Waals surface area (Å²) in [6.45, 7) is 2.46. The zero-order chi connectivity index (χ0) is 17.8. The lowest BCUT2D eigenvalue weighted by Gasteiger charge is -2.41. The van der Waals surface area contributed by atoms with Gasteiger partial charge in [0.05, 0.1) is 16.8 Å². The quantitative estimate of drug-likeness (QED) is 0.869. The Morgan fingerprint density at radius 3 is 2.56 bits per heavy atom. The van der Waals surface area contributed by atoms with E-state index in [1.165, 1.54) is 0 Å². The highest BCUT2D eigenvalue weighted by Gasteiger charge is 2.36. The van der Waals surface area contributed by atoms with E-state index in [-0.39, 0.29) is 18.4 Å². The minimum absolute atomic E-state index is 0.0783. The molecule has 0 bridgehead atoms. The summed E-state index contributed by atoms with van der Waals surface area (Å²) in [5.74, 6) is -0.116. The average molecular weight is 365 g/mol. The van der Waals surface area contributed by atoms with Crippen LogP contribution >= 0.6 is 11.6 Å². The maximum Gasteiger partial charge on any atom is 0.303 e. The van der Waals surface area contributed by atoms with Crippen LogP contribution in [0.1, 0.15) is 38.5 Å². The van der Waals surface area contributed by atoms with Gasteiger partial charge in [-0.2, -0.15) is 0 Å². The lowest BCUT2D eigenvalue weighted by atomic mass is 9.90. The second-order valence-electron chi connectivity index (χ2n) is 7.01. The number of benzene rings is 1. The molecule has 2 fully saturated rings. The first-order chi connectivity index (χ1) is 12.1. The number of hydrogen-bond acceptors (Lipinski definition) is 3. The van der Waals surface area contributed by atoms with Crippen LogP contribution in [-0.4, -0.2) is 47.6 Å². The van der Waals surface area contributed by atoms with E-state index in [0.717, 1.165) is 50.9 Å². The molecule has 2 aliphatic rings. The van der Waals surface area contributed by atoms with Crippen LogP contribution in [0.25, 0.3) is 0 Å². The topological polar surface area (TPSA) is 60.9 Å². The minimum atomic E-state index is -0.722. The number of halogens is 1. The number of likely N-dealkylation sites (tertiary alicyclic amines) is 1.